The second-order valence-corrected chi connectivity index (χ2v) is 5.71. The Morgan fingerprint density at radius 2 is 2.16 bits per heavy atom. The van der Waals surface area contributed by atoms with E-state index in [0.717, 1.165) is 24.8 Å². The topological polar surface area (TPSA) is 47.0 Å². The molecule has 98 valence electrons. The summed E-state index contributed by atoms with van der Waals surface area (Å²) in [5.41, 5.74) is 0.804. The maximum absolute atomic E-state index is 12.6. The van der Waals surface area contributed by atoms with Crippen LogP contribution in [0.15, 0.2) is 29.1 Å². The van der Waals surface area contributed by atoms with E-state index >= 15 is 0 Å². The van der Waals surface area contributed by atoms with E-state index in [1.54, 1.807) is 4.57 Å². The fourth-order valence-electron chi connectivity index (χ4n) is 3.36. The molecule has 3 atom stereocenters. The van der Waals surface area contributed by atoms with Gasteiger partial charge in [0.1, 0.15) is 0 Å². The minimum atomic E-state index is 0.000463. The largest absolute Gasteiger partial charge is 0.373 e. The van der Waals surface area contributed by atoms with Gasteiger partial charge in [0, 0.05) is 0 Å². The maximum Gasteiger partial charge on any atom is 0.262 e. The van der Waals surface area contributed by atoms with Gasteiger partial charge in [0.2, 0.25) is 0 Å². The maximum atomic E-state index is 12.6. The molecule has 0 amide bonds. The zero-order valence-electron chi connectivity index (χ0n) is 10.3. The zero-order valence-corrected chi connectivity index (χ0v) is 11.2. The smallest absolute Gasteiger partial charge is 0.262 e. The van der Waals surface area contributed by atoms with E-state index in [9.17, 15) is 4.79 Å². The molecule has 5 heteroatoms. The van der Waals surface area contributed by atoms with Crippen LogP contribution in [0.4, 0.5) is 0 Å². The Bertz CT molecular complexity index is 764. The van der Waals surface area contributed by atoms with Crippen molar-refractivity contribution in [3.63, 3.8) is 0 Å². The number of H-pyrrole nitrogens is 1. The van der Waals surface area contributed by atoms with Crippen LogP contribution in [0.5, 0.6) is 0 Å². The summed E-state index contributed by atoms with van der Waals surface area (Å²) in [6.45, 7) is 0. The summed E-state index contributed by atoms with van der Waals surface area (Å²) < 4.78 is 8.07. The highest BCUT2D eigenvalue weighted by atomic mass is 32.1. The number of hydrogen-bond donors (Lipinski definition) is 1. The molecular weight excluding hydrogens is 260 g/mol. The van der Waals surface area contributed by atoms with Crippen LogP contribution in [0.3, 0.4) is 0 Å². The molecule has 4 nitrogen and oxygen atoms in total. The standard InChI is InChI=1S/C14H14N2O2S/c17-13-9-3-1-2-4-10(9)15-14(19)16(13)11-7-8-5-6-12(11)18-8/h1-4,8,11-12H,5-7H2,(H,15,19)/t8-,11-,12-/m1/s1. The van der Waals surface area contributed by atoms with E-state index < -0.39 is 0 Å². The Morgan fingerprint density at radius 1 is 1.32 bits per heavy atom. The Labute approximate surface area is 115 Å². The highest BCUT2D eigenvalue weighted by Crippen LogP contribution is 2.41. The van der Waals surface area contributed by atoms with Gasteiger partial charge in [-0.3, -0.25) is 9.36 Å². The summed E-state index contributed by atoms with van der Waals surface area (Å²) in [4.78, 5) is 15.8. The third-order valence-electron chi connectivity index (χ3n) is 4.24. The number of aromatic amines is 1. The second-order valence-electron chi connectivity index (χ2n) is 5.33. The van der Waals surface area contributed by atoms with Crippen LogP contribution in [0.1, 0.15) is 25.3 Å². The van der Waals surface area contributed by atoms with Crippen LogP contribution in [-0.4, -0.2) is 21.8 Å². The molecule has 2 aliphatic heterocycles. The molecule has 0 aliphatic carbocycles. The van der Waals surface area contributed by atoms with Gasteiger partial charge in [0.25, 0.3) is 5.56 Å². The van der Waals surface area contributed by atoms with Crippen LogP contribution in [0, 0.1) is 4.77 Å². The Balaban J connectivity index is 1.95. The fourth-order valence-corrected chi connectivity index (χ4v) is 3.69. The van der Waals surface area contributed by atoms with Crippen molar-refractivity contribution < 1.29 is 4.74 Å². The third-order valence-corrected chi connectivity index (χ3v) is 4.54. The Kier molecular flexibility index (Phi) is 2.40. The molecule has 2 fully saturated rings. The molecule has 1 aromatic carbocycles. The molecule has 2 aromatic rings. The minimum Gasteiger partial charge on any atom is -0.373 e. The van der Waals surface area contributed by atoms with Crippen LogP contribution in [0.2, 0.25) is 0 Å². The van der Waals surface area contributed by atoms with Crippen LogP contribution >= 0.6 is 12.2 Å². The first-order valence-corrected chi connectivity index (χ1v) is 7.04. The molecule has 1 N–H and O–H groups in total. The SMILES string of the molecule is O=c1c2ccccc2[nH]c(=S)n1[C@@H]1C[C@H]2CC[C@H]1O2. The molecule has 1 aromatic heterocycles. The van der Waals surface area contributed by atoms with Gasteiger partial charge in [-0.15, -0.1) is 0 Å². The molecule has 0 unspecified atom stereocenters. The van der Waals surface area contributed by atoms with Gasteiger partial charge in [-0.25, -0.2) is 0 Å². The Morgan fingerprint density at radius 3 is 2.89 bits per heavy atom. The first-order valence-electron chi connectivity index (χ1n) is 6.63. The number of ether oxygens (including phenoxy) is 1. The summed E-state index contributed by atoms with van der Waals surface area (Å²) in [5, 5.41) is 0.693. The van der Waals surface area contributed by atoms with Gasteiger partial charge < -0.3 is 9.72 Å². The van der Waals surface area contributed by atoms with Crippen molar-refractivity contribution in [1.82, 2.24) is 9.55 Å². The first kappa shape index (κ1) is 11.4. The molecule has 2 bridgehead atoms. The number of nitrogens with zero attached hydrogens (tertiary/aromatic N) is 1. The lowest BCUT2D eigenvalue weighted by atomic mass is 9.95. The fraction of sp³-hybridized carbons (Fsp3) is 0.429. The van der Waals surface area contributed by atoms with Gasteiger partial charge in [0.05, 0.1) is 29.2 Å². The van der Waals surface area contributed by atoms with Gasteiger partial charge in [0.15, 0.2) is 4.77 Å². The predicted molar refractivity (Wildman–Crippen MR) is 74.9 cm³/mol. The number of fused-ring (bicyclic) bond motifs is 3. The second kappa shape index (κ2) is 4.02. The van der Waals surface area contributed by atoms with E-state index in [0.29, 0.717) is 16.3 Å². The molecule has 19 heavy (non-hydrogen) atoms. The molecular formula is C14H14N2O2S. The van der Waals surface area contributed by atoms with Crippen molar-refractivity contribution in [3.05, 3.63) is 39.4 Å². The van der Waals surface area contributed by atoms with Crippen molar-refractivity contribution >= 4 is 23.1 Å². The molecule has 0 radical (unpaired) electrons. The lowest BCUT2D eigenvalue weighted by Crippen LogP contribution is -2.32. The summed E-state index contributed by atoms with van der Waals surface area (Å²) in [7, 11) is 0. The number of para-hydroxylation sites is 1. The number of aromatic nitrogens is 2. The lowest BCUT2D eigenvalue weighted by Gasteiger charge is -2.21. The van der Waals surface area contributed by atoms with Gasteiger partial charge in [-0.05, 0) is 43.6 Å². The molecule has 2 aliphatic rings. The highest BCUT2D eigenvalue weighted by molar-refractivity contribution is 7.71. The van der Waals surface area contributed by atoms with Gasteiger partial charge in [-0.1, -0.05) is 12.1 Å². The zero-order chi connectivity index (χ0) is 13.0. The van der Waals surface area contributed by atoms with E-state index in [1.807, 2.05) is 24.3 Å². The third kappa shape index (κ3) is 1.61. The van der Waals surface area contributed by atoms with Gasteiger partial charge in [-0.2, -0.15) is 0 Å². The van der Waals surface area contributed by atoms with Crippen molar-refractivity contribution in [2.45, 2.75) is 37.5 Å². The van der Waals surface area contributed by atoms with E-state index in [1.165, 1.54) is 0 Å². The summed E-state index contributed by atoms with van der Waals surface area (Å²) in [6.07, 6.45) is 3.51. The summed E-state index contributed by atoms with van der Waals surface area (Å²) >= 11 is 5.37. The monoisotopic (exact) mass is 274 g/mol. The van der Waals surface area contributed by atoms with Crippen molar-refractivity contribution in [2.24, 2.45) is 0 Å². The van der Waals surface area contributed by atoms with Crippen molar-refractivity contribution in [1.29, 1.82) is 0 Å². The molecule has 0 spiro atoms. The number of nitrogens with one attached hydrogen (secondary N) is 1. The number of benzene rings is 1. The van der Waals surface area contributed by atoms with E-state index in [4.69, 9.17) is 17.0 Å². The molecule has 4 rings (SSSR count). The quantitative estimate of drug-likeness (QED) is 0.813. The molecule has 0 saturated carbocycles. The highest BCUT2D eigenvalue weighted by Gasteiger charge is 2.42. The average molecular weight is 274 g/mol. The summed E-state index contributed by atoms with van der Waals surface area (Å²) in [6, 6.07) is 7.60. The van der Waals surface area contributed by atoms with Crippen LogP contribution in [-0.2, 0) is 4.74 Å². The number of hydrogen-bond acceptors (Lipinski definition) is 3. The molecule has 3 heterocycles. The van der Waals surface area contributed by atoms with Gasteiger partial charge >= 0.3 is 0 Å². The first-order chi connectivity index (χ1) is 9.24. The van der Waals surface area contributed by atoms with E-state index in [2.05, 4.69) is 4.98 Å². The average Bonchev–Trinajstić information content (AvgIpc) is 3.01. The minimum absolute atomic E-state index is 0.000463. The lowest BCUT2D eigenvalue weighted by molar-refractivity contribution is 0.0931. The van der Waals surface area contributed by atoms with Crippen LogP contribution < -0.4 is 5.56 Å². The predicted octanol–water partition coefficient (Wildman–Crippen LogP) is 2.55. The van der Waals surface area contributed by atoms with Crippen molar-refractivity contribution in [3.8, 4) is 0 Å². The van der Waals surface area contributed by atoms with E-state index in [-0.39, 0.29) is 17.7 Å². The normalized spacial score (nSPS) is 29.2. The van der Waals surface area contributed by atoms with Crippen molar-refractivity contribution in [2.75, 3.05) is 0 Å². The number of rotatable bonds is 1. The summed E-state index contributed by atoms with van der Waals surface area (Å²) in [5.74, 6) is 0. The molecule has 2 saturated heterocycles. The Hall–Kier alpha value is -1.46. The van der Waals surface area contributed by atoms with Crippen LogP contribution in [0.25, 0.3) is 10.9 Å².